The molecule has 2 aliphatic rings. The molecule has 0 spiro atoms. The Hall–Kier alpha value is -1.51. The highest BCUT2D eigenvalue weighted by Crippen LogP contribution is 2.45. The van der Waals surface area contributed by atoms with E-state index in [9.17, 15) is 13.2 Å². The molecule has 1 N–H and O–H groups in total. The minimum atomic E-state index is -3.63. The van der Waals surface area contributed by atoms with Crippen molar-refractivity contribution in [3.63, 3.8) is 0 Å². The molecular formula is C17H25N3O4S. The van der Waals surface area contributed by atoms with Gasteiger partial charge in [-0.15, -0.1) is 0 Å². The lowest BCUT2D eigenvalue weighted by Gasteiger charge is -2.27. The van der Waals surface area contributed by atoms with E-state index in [0.29, 0.717) is 37.8 Å². The molecule has 0 unspecified atom stereocenters. The standard InChI is InChI=1S/C17H25N3O4S/c1-12-11-18-15(19-16(21)17(2,3)13-4-5-13)10-14(12)25(22,23)20-6-8-24-9-7-20/h10-11,13H,4-9H2,1-3H3,(H,18,19,21). The van der Waals surface area contributed by atoms with Crippen molar-refractivity contribution in [1.29, 1.82) is 0 Å². The monoisotopic (exact) mass is 367 g/mol. The Morgan fingerprint density at radius 2 is 1.96 bits per heavy atom. The number of hydrogen-bond donors (Lipinski definition) is 1. The van der Waals surface area contributed by atoms with Crippen LogP contribution in [0.3, 0.4) is 0 Å². The van der Waals surface area contributed by atoms with Crippen molar-refractivity contribution in [3.8, 4) is 0 Å². The summed E-state index contributed by atoms with van der Waals surface area (Å²) in [4.78, 5) is 16.9. The molecule has 7 nitrogen and oxygen atoms in total. The zero-order chi connectivity index (χ0) is 18.2. The highest BCUT2D eigenvalue weighted by molar-refractivity contribution is 7.89. The number of amides is 1. The zero-order valence-electron chi connectivity index (χ0n) is 14.9. The number of rotatable bonds is 5. The van der Waals surface area contributed by atoms with Crippen LogP contribution in [0.4, 0.5) is 5.82 Å². The normalized spacial score (nSPS) is 19.6. The van der Waals surface area contributed by atoms with E-state index >= 15 is 0 Å². The largest absolute Gasteiger partial charge is 0.379 e. The summed E-state index contributed by atoms with van der Waals surface area (Å²) in [5.41, 5.74) is 0.0847. The number of nitrogens with zero attached hydrogens (tertiary/aromatic N) is 2. The molecule has 0 atom stereocenters. The number of aryl methyl sites for hydroxylation is 1. The maximum atomic E-state index is 12.9. The summed E-state index contributed by atoms with van der Waals surface area (Å²) in [6, 6.07) is 1.46. The summed E-state index contributed by atoms with van der Waals surface area (Å²) in [6.45, 7) is 6.99. The Kier molecular flexibility index (Phi) is 4.87. The van der Waals surface area contributed by atoms with Crippen molar-refractivity contribution in [2.24, 2.45) is 11.3 Å². The molecule has 1 saturated carbocycles. The molecule has 1 aliphatic carbocycles. The molecule has 1 aliphatic heterocycles. The van der Waals surface area contributed by atoms with E-state index in [1.54, 1.807) is 6.92 Å². The van der Waals surface area contributed by atoms with Crippen LogP contribution in [0.25, 0.3) is 0 Å². The summed E-state index contributed by atoms with van der Waals surface area (Å²) < 4.78 is 32.4. The molecule has 8 heteroatoms. The molecule has 1 aromatic heterocycles. The van der Waals surface area contributed by atoms with E-state index in [-0.39, 0.29) is 16.6 Å². The van der Waals surface area contributed by atoms with Gasteiger partial charge in [-0.05, 0) is 31.2 Å². The minimum Gasteiger partial charge on any atom is -0.379 e. The molecule has 25 heavy (non-hydrogen) atoms. The molecule has 138 valence electrons. The summed E-state index contributed by atoms with van der Waals surface area (Å²) in [6.07, 6.45) is 3.60. The van der Waals surface area contributed by atoms with Crippen LogP contribution >= 0.6 is 0 Å². The number of sulfonamides is 1. The van der Waals surface area contributed by atoms with Crippen LogP contribution in [0.1, 0.15) is 32.3 Å². The van der Waals surface area contributed by atoms with Crippen molar-refractivity contribution in [1.82, 2.24) is 9.29 Å². The third-order valence-corrected chi connectivity index (χ3v) is 7.11. The van der Waals surface area contributed by atoms with Crippen molar-refractivity contribution < 1.29 is 17.9 Å². The summed E-state index contributed by atoms with van der Waals surface area (Å²) >= 11 is 0. The van der Waals surface area contributed by atoms with Crippen LogP contribution in [-0.4, -0.2) is 49.9 Å². The van der Waals surface area contributed by atoms with E-state index in [0.717, 1.165) is 12.8 Å². The Morgan fingerprint density at radius 3 is 2.56 bits per heavy atom. The molecule has 0 bridgehead atoms. The number of ether oxygens (including phenoxy) is 1. The minimum absolute atomic E-state index is 0.124. The maximum Gasteiger partial charge on any atom is 0.243 e. The lowest BCUT2D eigenvalue weighted by molar-refractivity contribution is -0.125. The predicted molar refractivity (Wildman–Crippen MR) is 93.7 cm³/mol. The fraction of sp³-hybridized carbons (Fsp3) is 0.647. The molecule has 0 radical (unpaired) electrons. The molecule has 1 saturated heterocycles. The maximum absolute atomic E-state index is 12.9. The third kappa shape index (κ3) is 3.70. The van der Waals surface area contributed by atoms with Gasteiger partial charge in [-0.1, -0.05) is 13.8 Å². The van der Waals surface area contributed by atoms with E-state index in [1.165, 1.54) is 16.6 Å². The first-order chi connectivity index (χ1) is 11.7. The van der Waals surface area contributed by atoms with Gasteiger partial charge in [-0.3, -0.25) is 4.79 Å². The predicted octanol–water partition coefficient (Wildman–Crippen LogP) is 1.79. The van der Waals surface area contributed by atoms with Crippen molar-refractivity contribution in [3.05, 3.63) is 17.8 Å². The van der Waals surface area contributed by atoms with Gasteiger partial charge in [0.25, 0.3) is 0 Å². The van der Waals surface area contributed by atoms with Crippen LogP contribution in [0.5, 0.6) is 0 Å². The molecule has 0 aromatic carbocycles. The van der Waals surface area contributed by atoms with Gasteiger partial charge in [-0.2, -0.15) is 4.31 Å². The summed E-state index contributed by atoms with van der Waals surface area (Å²) in [7, 11) is -3.63. The number of aromatic nitrogens is 1. The van der Waals surface area contributed by atoms with Gasteiger partial charge in [-0.25, -0.2) is 13.4 Å². The van der Waals surface area contributed by atoms with E-state index < -0.39 is 15.4 Å². The third-order valence-electron chi connectivity index (χ3n) is 5.07. The van der Waals surface area contributed by atoms with Gasteiger partial charge in [0.1, 0.15) is 5.82 Å². The van der Waals surface area contributed by atoms with Crippen LogP contribution in [-0.2, 0) is 19.6 Å². The Balaban J connectivity index is 1.84. The SMILES string of the molecule is Cc1cnc(NC(=O)C(C)(C)C2CC2)cc1S(=O)(=O)N1CCOCC1. The van der Waals surface area contributed by atoms with Gasteiger partial charge in [0.2, 0.25) is 15.9 Å². The summed E-state index contributed by atoms with van der Waals surface area (Å²) in [5.74, 6) is 0.534. The Bertz CT molecular complexity index is 766. The number of hydrogen-bond acceptors (Lipinski definition) is 5. The molecule has 2 fully saturated rings. The summed E-state index contributed by atoms with van der Waals surface area (Å²) in [5, 5.41) is 2.79. The Morgan fingerprint density at radius 1 is 1.32 bits per heavy atom. The fourth-order valence-electron chi connectivity index (χ4n) is 3.05. The van der Waals surface area contributed by atoms with Gasteiger partial charge < -0.3 is 10.1 Å². The van der Waals surface area contributed by atoms with Crippen LogP contribution in [0.15, 0.2) is 17.2 Å². The smallest absolute Gasteiger partial charge is 0.243 e. The molecule has 2 heterocycles. The van der Waals surface area contributed by atoms with Crippen LogP contribution in [0.2, 0.25) is 0 Å². The molecule has 3 rings (SSSR count). The van der Waals surface area contributed by atoms with Gasteiger partial charge >= 0.3 is 0 Å². The molecule has 1 aromatic rings. The lowest BCUT2D eigenvalue weighted by Crippen LogP contribution is -2.41. The molecular weight excluding hydrogens is 342 g/mol. The first kappa shape index (κ1) is 18.3. The highest BCUT2D eigenvalue weighted by Gasteiger charge is 2.43. The second-order valence-electron chi connectivity index (χ2n) is 7.30. The average Bonchev–Trinajstić information content (AvgIpc) is 3.42. The van der Waals surface area contributed by atoms with Gasteiger partial charge in [0.05, 0.1) is 18.1 Å². The topological polar surface area (TPSA) is 88.6 Å². The Labute approximate surface area is 148 Å². The number of carbonyl (C=O) groups excluding carboxylic acids is 1. The first-order valence-electron chi connectivity index (χ1n) is 8.59. The van der Waals surface area contributed by atoms with E-state index in [2.05, 4.69) is 10.3 Å². The van der Waals surface area contributed by atoms with Crippen molar-refractivity contribution in [2.45, 2.75) is 38.5 Å². The number of nitrogens with one attached hydrogen (secondary N) is 1. The number of morpholine rings is 1. The van der Waals surface area contributed by atoms with Crippen molar-refractivity contribution in [2.75, 3.05) is 31.6 Å². The van der Waals surface area contributed by atoms with Gasteiger partial charge in [0.15, 0.2) is 0 Å². The second kappa shape index (κ2) is 6.66. The highest BCUT2D eigenvalue weighted by atomic mass is 32.2. The van der Waals surface area contributed by atoms with Crippen LogP contribution in [0, 0.1) is 18.3 Å². The van der Waals surface area contributed by atoms with E-state index in [4.69, 9.17) is 4.74 Å². The first-order valence-corrected chi connectivity index (χ1v) is 10.0. The fourth-order valence-corrected chi connectivity index (χ4v) is 4.67. The quantitative estimate of drug-likeness (QED) is 0.857. The van der Waals surface area contributed by atoms with Crippen LogP contribution < -0.4 is 5.32 Å². The average molecular weight is 367 g/mol. The number of anilines is 1. The lowest BCUT2D eigenvalue weighted by atomic mass is 9.86. The van der Waals surface area contributed by atoms with Gasteiger partial charge in [0, 0.05) is 30.8 Å². The second-order valence-corrected chi connectivity index (χ2v) is 9.21. The number of pyridine rings is 1. The van der Waals surface area contributed by atoms with E-state index in [1.807, 2.05) is 13.8 Å². The zero-order valence-corrected chi connectivity index (χ0v) is 15.7. The molecule has 1 amide bonds. The van der Waals surface area contributed by atoms with Crippen molar-refractivity contribution >= 4 is 21.7 Å². The number of carbonyl (C=O) groups is 1.